The summed E-state index contributed by atoms with van der Waals surface area (Å²) in [5.74, 6) is 0.0347. The topological polar surface area (TPSA) is 80.4 Å². The summed E-state index contributed by atoms with van der Waals surface area (Å²) in [5, 5.41) is 17.7. The Labute approximate surface area is 74.8 Å². The van der Waals surface area contributed by atoms with Crippen molar-refractivity contribution in [3.8, 4) is 5.75 Å². The number of nitrogens with zero attached hydrogens (tertiary/aromatic N) is 1. The lowest BCUT2D eigenvalue weighted by molar-refractivity contribution is -0.445. The molecule has 0 aliphatic carbocycles. The van der Waals surface area contributed by atoms with E-state index in [9.17, 15) is 4.79 Å². The third-order valence-corrected chi connectivity index (χ3v) is 1.06. The smallest absolute Gasteiger partial charge is 0.194 e. The SMILES string of the molecule is C[N+](=O)[O-].O=Cc1ccccc1O. The number of para-hydroxylation sites is 1. The van der Waals surface area contributed by atoms with Crippen molar-refractivity contribution in [2.24, 2.45) is 0 Å². The van der Waals surface area contributed by atoms with E-state index in [2.05, 4.69) is 0 Å². The van der Waals surface area contributed by atoms with Crippen LogP contribution in [0.4, 0.5) is 0 Å². The quantitative estimate of drug-likeness (QED) is 0.401. The van der Waals surface area contributed by atoms with Gasteiger partial charge in [-0.25, -0.2) is 0 Å². The van der Waals surface area contributed by atoms with Crippen LogP contribution in [-0.4, -0.2) is 23.4 Å². The summed E-state index contributed by atoms with van der Waals surface area (Å²) in [6, 6.07) is 6.40. The Balaban J connectivity index is 0.000000310. The minimum absolute atomic E-state index is 0.0347. The van der Waals surface area contributed by atoms with Gasteiger partial charge in [-0.2, -0.15) is 0 Å². The van der Waals surface area contributed by atoms with E-state index in [1.165, 1.54) is 6.07 Å². The van der Waals surface area contributed by atoms with Crippen LogP contribution in [0.2, 0.25) is 0 Å². The number of hydrogen-bond donors (Lipinski definition) is 1. The van der Waals surface area contributed by atoms with Gasteiger partial charge in [0.2, 0.25) is 0 Å². The average molecular weight is 183 g/mol. The number of hydrogen-bond acceptors (Lipinski definition) is 4. The van der Waals surface area contributed by atoms with Gasteiger partial charge < -0.3 is 5.11 Å². The minimum Gasteiger partial charge on any atom is -0.507 e. The molecule has 70 valence electrons. The van der Waals surface area contributed by atoms with Crippen molar-refractivity contribution >= 4 is 6.29 Å². The highest BCUT2D eigenvalue weighted by Gasteiger charge is 1.93. The summed E-state index contributed by atoms with van der Waals surface area (Å²) in [5.41, 5.74) is 0.331. The van der Waals surface area contributed by atoms with Gasteiger partial charge in [-0.3, -0.25) is 14.9 Å². The molecule has 0 aliphatic heterocycles. The third-order valence-electron chi connectivity index (χ3n) is 1.06. The number of benzene rings is 1. The van der Waals surface area contributed by atoms with Crippen LogP contribution in [0.1, 0.15) is 10.4 Å². The predicted octanol–water partition coefficient (Wildman–Crippen LogP) is 1.10. The van der Waals surface area contributed by atoms with Gasteiger partial charge in [-0.05, 0) is 12.1 Å². The van der Waals surface area contributed by atoms with Crippen molar-refractivity contribution in [2.45, 2.75) is 0 Å². The predicted molar refractivity (Wildman–Crippen MR) is 46.4 cm³/mol. The van der Waals surface area contributed by atoms with Crippen molar-refractivity contribution in [1.82, 2.24) is 0 Å². The number of phenolic OH excluding ortho intramolecular Hbond substituents is 1. The number of carbonyl (C=O) groups excluding carboxylic acids is 1. The van der Waals surface area contributed by atoms with E-state index in [1.54, 1.807) is 18.2 Å². The van der Waals surface area contributed by atoms with Crippen LogP contribution in [0.25, 0.3) is 0 Å². The third kappa shape index (κ3) is 5.37. The number of rotatable bonds is 1. The molecule has 0 amide bonds. The van der Waals surface area contributed by atoms with Crippen LogP contribution in [0.15, 0.2) is 24.3 Å². The minimum atomic E-state index is -0.500. The average Bonchev–Trinajstić information content (AvgIpc) is 2.04. The lowest BCUT2D eigenvalue weighted by atomic mass is 10.2. The van der Waals surface area contributed by atoms with Crippen molar-refractivity contribution < 1.29 is 14.8 Å². The number of aromatic hydroxyl groups is 1. The number of carbonyl (C=O) groups is 1. The van der Waals surface area contributed by atoms with Crippen LogP contribution in [0.3, 0.4) is 0 Å². The molecule has 0 bridgehead atoms. The van der Waals surface area contributed by atoms with Gasteiger partial charge in [0.1, 0.15) is 5.75 Å². The molecule has 13 heavy (non-hydrogen) atoms. The number of aldehydes is 1. The van der Waals surface area contributed by atoms with E-state index in [0.29, 0.717) is 11.8 Å². The molecule has 0 saturated carbocycles. The highest BCUT2D eigenvalue weighted by molar-refractivity contribution is 5.78. The second-order valence-electron chi connectivity index (χ2n) is 2.12. The summed E-state index contributed by atoms with van der Waals surface area (Å²) in [4.78, 5) is 18.4. The molecule has 0 atom stereocenters. The first-order valence-corrected chi connectivity index (χ1v) is 3.39. The molecule has 0 aromatic heterocycles. The number of phenols is 1. The molecule has 0 unspecified atom stereocenters. The van der Waals surface area contributed by atoms with E-state index in [1.807, 2.05) is 0 Å². The standard InChI is InChI=1S/C7H6O2.CH3NO2/c8-5-6-3-1-2-4-7(6)9;1-2(3)4/h1-5,9H;1H3. The van der Waals surface area contributed by atoms with Crippen molar-refractivity contribution in [3.05, 3.63) is 39.9 Å². The van der Waals surface area contributed by atoms with E-state index in [4.69, 9.17) is 15.2 Å². The molecule has 1 N–H and O–H groups in total. The molecular weight excluding hydrogens is 174 g/mol. The maximum atomic E-state index is 10.1. The maximum Gasteiger partial charge on any atom is 0.194 e. The van der Waals surface area contributed by atoms with Crippen molar-refractivity contribution in [3.63, 3.8) is 0 Å². The molecule has 0 spiro atoms. The van der Waals surface area contributed by atoms with Crippen molar-refractivity contribution in [1.29, 1.82) is 0 Å². The Bertz CT molecular complexity index is 294. The summed E-state index contributed by atoms with van der Waals surface area (Å²) < 4.78 is 0. The lowest BCUT2D eigenvalue weighted by Crippen LogP contribution is -1.79. The van der Waals surface area contributed by atoms with Crippen LogP contribution in [0, 0.1) is 10.1 Å². The molecule has 0 saturated heterocycles. The van der Waals surface area contributed by atoms with Gasteiger partial charge in [0, 0.05) is 4.92 Å². The van der Waals surface area contributed by atoms with Gasteiger partial charge >= 0.3 is 0 Å². The van der Waals surface area contributed by atoms with Crippen LogP contribution in [0.5, 0.6) is 5.75 Å². The molecule has 0 fully saturated rings. The molecule has 1 aromatic rings. The zero-order valence-electron chi connectivity index (χ0n) is 7.01. The molecule has 0 aliphatic rings. The first-order chi connectivity index (χ1) is 6.07. The normalized spacial score (nSPS) is 8.08. The molecular formula is C8H9NO4. The van der Waals surface area contributed by atoms with Crippen LogP contribution < -0.4 is 0 Å². The van der Waals surface area contributed by atoms with Gasteiger partial charge in [-0.1, -0.05) is 12.1 Å². The van der Waals surface area contributed by atoms with E-state index in [-0.39, 0.29) is 5.75 Å². The highest BCUT2D eigenvalue weighted by atomic mass is 16.6. The lowest BCUT2D eigenvalue weighted by Gasteiger charge is -1.91. The zero-order chi connectivity index (χ0) is 10.3. The van der Waals surface area contributed by atoms with Crippen LogP contribution in [-0.2, 0) is 0 Å². The zero-order valence-corrected chi connectivity index (χ0v) is 7.01. The van der Waals surface area contributed by atoms with Gasteiger partial charge in [-0.15, -0.1) is 0 Å². The largest absolute Gasteiger partial charge is 0.507 e. The van der Waals surface area contributed by atoms with E-state index < -0.39 is 4.92 Å². The molecule has 5 nitrogen and oxygen atoms in total. The molecule has 1 rings (SSSR count). The molecule has 1 aromatic carbocycles. The van der Waals surface area contributed by atoms with E-state index in [0.717, 1.165) is 7.05 Å². The summed E-state index contributed by atoms with van der Waals surface area (Å²) >= 11 is 0. The Morgan fingerprint density at radius 2 is 1.92 bits per heavy atom. The first-order valence-electron chi connectivity index (χ1n) is 3.39. The second kappa shape index (κ2) is 5.70. The van der Waals surface area contributed by atoms with E-state index >= 15 is 0 Å². The Hall–Kier alpha value is -1.91. The molecule has 0 radical (unpaired) electrons. The molecule has 5 heteroatoms. The fourth-order valence-corrected chi connectivity index (χ4v) is 0.587. The maximum absolute atomic E-state index is 10.1. The van der Waals surface area contributed by atoms with Gasteiger partial charge in [0.25, 0.3) is 0 Å². The van der Waals surface area contributed by atoms with Gasteiger partial charge in [0.05, 0.1) is 5.56 Å². The Kier molecular flexibility index (Phi) is 4.87. The monoisotopic (exact) mass is 183 g/mol. The fraction of sp³-hybridized carbons (Fsp3) is 0.125. The fourth-order valence-electron chi connectivity index (χ4n) is 0.587. The Morgan fingerprint density at radius 3 is 2.23 bits per heavy atom. The first kappa shape index (κ1) is 11.1. The number of nitro groups is 1. The highest BCUT2D eigenvalue weighted by Crippen LogP contribution is 2.11. The Morgan fingerprint density at radius 1 is 1.46 bits per heavy atom. The molecule has 0 heterocycles. The van der Waals surface area contributed by atoms with Crippen molar-refractivity contribution in [2.75, 3.05) is 7.05 Å². The summed E-state index contributed by atoms with van der Waals surface area (Å²) in [6.07, 6.45) is 0.620. The van der Waals surface area contributed by atoms with Gasteiger partial charge in [0.15, 0.2) is 13.3 Å². The summed E-state index contributed by atoms with van der Waals surface area (Å²) in [6.45, 7) is 0. The second-order valence-corrected chi connectivity index (χ2v) is 2.12. The van der Waals surface area contributed by atoms with Crippen LogP contribution >= 0.6 is 0 Å². The summed E-state index contributed by atoms with van der Waals surface area (Å²) in [7, 11) is 0.889.